The van der Waals surface area contributed by atoms with Crippen LogP contribution < -0.4 is 10.6 Å². The number of benzene rings is 4. The van der Waals surface area contributed by atoms with Crippen molar-refractivity contribution in [2.75, 3.05) is 33.4 Å². The lowest BCUT2D eigenvalue weighted by atomic mass is 9.80. The summed E-state index contributed by atoms with van der Waals surface area (Å²) in [7, 11) is 1.47. The second kappa shape index (κ2) is 18.0. The van der Waals surface area contributed by atoms with E-state index in [1.807, 2.05) is 81.4 Å². The second-order valence-electron chi connectivity index (χ2n) is 17.2. The molecule has 2 aliphatic carbocycles. The zero-order valence-corrected chi connectivity index (χ0v) is 35.1. The van der Waals surface area contributed by atoms with E-state index in [-0.39, 0.29) is 43.9 Å². The van der Waals surface area contributed by atoms with Crippen molar-refractivity contribution in [2.24, 2.45) is 5.92 Å². The lowest BCUT2D eigenvalue weighted by molar-refractivity contribution is -0.159. The molecule has 7 rings (SSSR count). The van der Waals surface area contributed by atoms with Crippen LogP contribution in [0.2, 0.25) is 5.02 Å². The molecule has 2 N–H and O–H groups in total. The summed E-state index contributed by atoms with van der Waals surface area (Å²) in [5, 5.41) is 6.63. The first-order valence-electron chi connectivity index (χ1n) is 20.6. The third-order valence-electron chi connectivity index (χ3n) is 11.8. The Kier molecular flexibility index (Phi) is 12.8. The summed E-state index contributed by atoms with van der Waals surface area (Å²) >= 11 is 6.27. The number of hydrogen-bond acceptors (Lipinski definition) is 7. The van der Waals surface area contributed by atoms with Crippen LogP contribution in [0.3, 0.4) is 0 Å². The highest BCUT2D eigenvalue weighted by Crippen LogP contribution is 2.45. The van der Waals surface area contributed by atoms with Crippen LogP contribution in [0.25, 0.3) is 11.1 Å². The number of alkyl carbamates (subject to hydrolysis) is 1. The van der Waals surface area contributed by atoms with Gasteiger partial charge < -0.3 is 29.7 Å². The normalized spacial score (nSPS) is 19.5. The van der Waals surface area contributed by atoms with Crippen molar-refractivity contribution >= 4 is 35.5 Å². The summed E-state index contributed by atoms with van der Waals surface area (Å²) in [6.07, 6.45) is 2.35. The molecule has 0 spiro atoms. The number of hydrogen-bond donors (Lipinski definition) is 2. The summed E-state index contributed by atoms with van der Waals surface area (Å²) < 4.78 is 17.0. The van der Waals surface area contributed by atoms with E-state index in [9.17, 15) is 19.2 Å². The Hall–Kier alpha value is -5.19. The van der Waals surface area contributed by atoms with E-state index in [0.29, 0.717) is 30.8 Å². The molecule has 10 nitrogen and oxygen atoms in total. The van der Waals surface area contributed by atoms with Crippen LogP contribution in [0, 0.1) is 5.92 Å². The summed E-state index contributed by atoms with van der Waals surface area (Å²) in [5.74, 6) is -1.96. The van der Waals surface area contributed by atoms with Gasteiger partial charge in [0, 0.05) is 31.1 Å². The first-order valence-corrected chi connectivity index (χ1v) is 21.0. The summed E-state index contributed by atoms with van der Waals surface area (Å²) in [5.41, 5.74) is 5.98. The number of nitrogens with one attached hydrogen (secondary N) is 2. The van der Waals surface area contributed by atoms with Crippen molar-refractivity contribution in [2.45, 2.75) is 88.3 Å². The standard InChI is InChI=1S/C48H54ClN3O7/c1-47(2,3)59-43(53)26-40(39-23-20-32-12-5-6-13-34(32)39)45(55)52-25-11-24-48(30-52,27-31-18-21-33(49)22-19-31)51-44(54)42(29-57-4)50-46(56)58-28-41-37-16-9-7-14-35(37)36-15-8-10-17-38(36)41/h5-10,12-19,21-22,39-42H,11,20,23-30H2,1-4H3,(H,50,56)(H,51,54)/t39-,40-,42-,48?/m0/s1. The molecule has 1 aliphatic heterocycles. The Morgan fingerprint density at radius 1 is 0.881 bits per heavy atom. The van der Waals surface area contributed by atoms with Crippen LogP contribution in [-0.4, -0.2) is 79.4 Å². The molecule has 3 aliphatic rings. The number of carbonyl (C=O) groups excluding carboxylic acids is 4. The van der Waals surface area contributed by atoms with E-state index >= 15 is 0 Å². The molecular formula is C48H54ClN3O7. The Balaban J connectivity index is 1.10. The van der Waals surface area contributed by atoms with Gasteiger partial charge in [0.15, 0.2) is 0 Å². The molecule has 1 saturated heterocycles. The summed E-state index contributed by atoms with van der Waals surface area (Å²) in [4.78, 5) is 57.9. The Morgan fingerprint density at radius 3 is 2.19 bits per heavy atom. The van der Waals surface area contributed by atoms with Gasteiger partial charge >= 0.3 is 12.1 Å². The molecule has 4 aromatic carbocycles. The molecule has 4 atom stereocenters. The number of nitrogens with zero attached hydrogens (tertiary/aromatic N) is 1. The van der Waals surface area contributed by atoms with Gasteiger partial charge in [-0.05, 0) is 110 Å². The summed E-state index contributed by atoms with van der Waals surface area (Å²) in [6, 6.07) is 30.7. The fourth-order valence-electron chi connectivity index (χ4n) is 9.29. The monoisotopic (exact) mass is 819 g/mol. The molecular weight excluding hydrogens is 766 g/mol. The Bertz CT molecular complexity index is 2120. The van der Waals surface area contributed by atoms with Crippen LogP contribution in [0.5, 0.6) is 0 Å². The molecule has 1 unspecified atom stereocenters. The number of amides is 3. The van der Waals surface area contributed by atoms with E-state index in [1.54, 1.807) is 17.0 Å². The molecule has 4 aromatic rings. The van der Waals surface area contributed by atoms with Crippen molar-refractivity contribution in [1.82, 2.24) is 15.5 Å². The molecule has 3 amide bonds. The van der Waals surface area contributed by atoms with Crippen molar-refractivity contribution in [3.8, 4) is 11.1 Å². The highest BCUT2D eigenvalue weighted by Gasteiger charge is 2.44. The van der Waals surface area contributed by atoms with Gasteiger partial charge in [0.1, 0.15) is 18.2 Å². The minimum Gasteiger partial charge on any atom is -0.460 e. The number of esters is 1. The van der Waals surface area contributed by atoms with Gasteiger partial charge in [0.25, 0.3) is 0 Å². The molecule has 310 valence electrons. The van der Waals surface area contributed by atoms with Crippen molar-refractivity contribution in [3.05, 3.63) is 130 Å². The molecule has 0 radical (unpaired) electrons. The number of ether oxygens (including phenoxy) is 3. The number of halogens is 1. The van der Waals surface area contributed by atoms with Crippen molar-refractivity contribution in [1.29, 1.82) is 0 Å². The Labute approximate surface area is 351 Å². The van der Waals surface area contributed by atoms with Gasteiger partial charge in [-0.25, -0.2) is 4.79 Å². The van der Waals surface area contributed by atoms with Gasteiger partial charge in [0.05, 0.1) is 24.5 Å². The number of carbonyl (C=O) groups is 4. The topological polar surface area (TPSA) is 123 Å². The number of methoxy groups -OCH3 is 1. The minimum atomic E-state index is -1.08. The van der Waals surface area contributed by atoms with E-state index < -0.39 is 41.1 Å². The maximum Gasteiger partial charge on any atom is 0.407 e. The van der Waals surface area contributed by atoms with E-state index in [4.69, 9.17) is 25.8 Å². The highest BCUT2D eigenvalue weighted by molar-refractivity contribution is 6.30. The smallest absolute Gasteiger partial charge is 0.407 e. The molecule has 59 heavy (non-hydrogen) atoms. The molecule has 11 heteroatoms. The number of fused-ring (bicyclic) bond motifs is 4. The maximum absolute atomic E-state index is 14.9. The minimum absolute atomic E-state index is 0.0535. The number of piperidine rings is 1. The zero-order chi connectivity index (χ0) is 41.7. The average molecular weight is 820 g/mol. The lowest BCUT2D eigenvalue weighted by Gasteiger charge is -2.45. The fraction of sp³-hybridized carbons (Fsp3) is 0.417. The second-order valence-corrected chi connectivity index (χ2v) is 17.6. The van der Waals surface area contributed by atoms with Crippen LogP contribution in [-0.2, 0) is 41.4 Å². The van der Waals surface area contributed by atoms with Crippen LogP contribution >= 0.6 is 11.6 Å². The van der Waals surface area contributed by atoms with Crippen LogP contribution in [0.4, 0.5) is 4.79 Å². The van der Waals surface area contributed by atoms with Crippen molar-refractivity contribution in [3.63, 3.8) is 0 Å². The maximum atomic E-state index is 14.9. The first kappa shape index (κ1) is 42.0. The molecule has 1 heterocycles. The van der Waals surface area contributed by atoms with Gasteiger partial charge in [-0.2, -0.15) is 0 Å². The van der Waals surface area contributed by atoms with Gasteiger partial charge in [-0.1, -0.05) is 96.5 Å². The van der Waals surface area contributed by atoms with Gasteiger partial charge in [-0.15, -0.1) is 0 Å². The van der Waals surface area contributed by atoms with E-state index in [0.717, 1.165) is 46.2 Å². The first-order chi connectivity index (χ1) is 28.3. The number of aryl methyl sites for hydroxylation is 1. The molecule has 0 aromatic heterocycles. The van der Waals surface area contributed by atoms with E-state index in [1.165, 1.54) is 12.7 Å². The average Bonchev–Trinajstić information content (AvgIpc) is 3.78. The molecule has 0 bridgehead atoms. The SMILES string of the molecule is COC[C@H](NC(=O)OCC1c2ccccc2-c2ccccc21)C(=O)NC1(Cc2ccc(Cl)cc2)CCCN(C(=O)[C@@H](CC(=O)OC(C)(C)C)[C@H]2CCc3ccccc32)C1. The van der Waals surface area contributed by atoms with Gasteiger partial charge in [0.2, 0.25) is 11.8 Å². The van der Waals surface area contributed by atoms with Crippen LogP contribution in [0.15, 0.2) is 97.1 Å². The van der Waals surface area contributed by atoms with Crippen LogP contribution in [0.1, 0.15) is 86.1 Å². The largest absolute Gasteiger partial charge is 0.460 e. The summed E-state index contributed by atoms with van der Waals surface area (Å²) in [6.45, 7) is 6.13. The number of rotatable bonds is 13. The fourth-order valence-corrected chi connectivity index (χ4v) is 9.42. The lowest BCUT2D eigenvalue weighted by Crippen LogP contribution is -2.64. The third kappa shape index (κ3) is 9.82. The highest BCUT2D eigenvalue weighted by atomic mass is 35.5. The molecule has 0 saturated carbocycles. The predicted octanol–water partition coefficient (Wildman–Crippen LogP) is 7.99. The van der Waals surface area contributed by atoms with E-state index in [2.05, 4.69) is 34.9 Å². The number of likely N-dealkylation sites (tertiary alicyclic amines) is 1. The zero-order valence-electron chi connectivity index (χ0n) is 34.3. The third-order valence-corrected chi connectivity index (χ3v) is 12.1. The van der Waals surface area contributed by atoms with Gasteiger partial charge in [-0.3, -0.25) is 14.4 Å². The quantitative estimate of drug-likeness (QED) is 0.131. The molecule has 1 fully saturated rings. The van der Waals surface area contributed by atoms with Crippen molar-refractivity contribution < 1.29 is 33.4 Å². The predicted molar refractivity (Wildman–Crippen MR) is 227 cm³/mol. The Morgan fingerprint density at radius 2 is 1.53 bits per heavy atom.